The number of ether oxygens (including phenoxy) is 2. The average Bonchev–Trinajstić information content (AvgIpc) is 3.47. The lowest BCUT2D eigenvalue weighted by Crippen LogP contribution is -2.43. The molecule has 2 heterocycles. The minimum absolute atomic E-state index is 0.0503. The van der Waals surface area contributed by atoms with Gasteiger partial charge in [-0.3, -0.25) is 9.36 Å². The highest BCUT2D eigenvalue weighted by molar-refractivity contribution is 7.18. The summed E-state index contributed by atoms with van der Waals surface area (Å²) in [6.45, 7) is 3.08. The molecule has 4 atom stereocenters. The standard InChI is InChI=1S/C32H34N2O3S/c1-32-14-12-24-23-11-9-22(37-3)16-20(23)6-10-25(24)26(32)17-27-29(32)28-30(38-27)33-18-34(31(28)35)15-13-19-4-7-21(36-2)8-5-19/h4-5,7-9,11,16,18,24-26H,6,10,12-15,17H2,1-3H3/t24-,25+,26+,32-/m1/s1. The SMILES string of the molecule is COc1ccc(CCn2cnc3sc4c(c3c2=O)[C@]2(C)CC[C@@H]3c5ccc(OC)cc5CC[C@@H]3[C@@H]2C4)cc1. The highest BCUT2D eigenvalue weighted by Crippen LogP contribution is 2.62. The van der Waals surface area contributed by atoms with E-state index in [9.17, 15) is 4.79 Å². The number of benzene rings is 2. The third kappa shape index (κ3) is 3.56. The summed E-state index contributed by atoms with van der Waals surface area (Å²) in [5.41, 5.74) is 5.70. The molecule has 0 saturated heterocycles. The third-order valence-corrected chi connectivity index (χ3v) is 11.0. The fourth-order valence-corrected chi connectivity index (χ4v) is 9.24. The third-order valence-electron chi connectivity index (χ3n) is 9.85. The van der Waals surface area contributed by atoms with Gasteiger partial charge in [0.25, 0.3) is 5.56 Å². The summed E-state index contributed by atoms with van der Waals surface area (Å²) in [5, 5.41) is 0.895. The fourth-order valence-electron chi connectivity index (χ4n) is 7.91. The zero-order valence-electron chi connectivity index (χ0n) is 22.3. The molecule has 2 aromatic heterocycles. The fraction of sp³-hybridized carbons (Fsp3) is 0.438. The number of rotatable bonds is 5. The first-order valence-corrected chi connectivity index (χ1v) is 14.6. The van der Waals surface area contributed by atoms with Crippen LogP contribution in [0.15, 0.2) is 53.6 Å². The van der Waals surface area contributed by atoms with Crippen LogP contribution in [-0.4, -0.2) is 23.8 Å². The van der Waals surface area contributed by atoms with Crippen molar-refractivity contribution in [3.8, 4) is 11.5 Å². The molecular weight excluding hydrogens is 492 g/mol. The van der Waals surface area contributed by atoms with Gasteiger partial charge in [0.2, 0.25) is 0 Å². The maximum absolute atomic E-state index is 13.9. The van der Waals surface area contributed by atoms with Gasteiger partial charge in [0, 0.05) is 11.4 Å². The molecule has 5 nitrogen and oxygen atoms in total. The van der Waals surface area contributed by atoms with E-state index >= 15 is 0 Å². The van der Waals surface area contributed by atoms with E-state index in [4.69, 9.17) is 14.5 Å². The summed E-state index contributed by atoms with van der Waals surface area (Å²) in [4.78, 5) is 21.0. The van der Waals surface area contributed by atoms with E-state index in [0.29, 0.717) is 24.3 Å². The first kappa shape index (κ1) is 24.0. The van der Waals surface area contributed by atoms with Crippen molar-refractivity contribution in [1.82, 2.24) is 9.55 Å². The molecule has 0 unspecified atom stereocenters. The van der Waals surface area contributed by atoms with Gasteiger partial charge in [0.1, 0.15) is 16.3 Å². The second-order valence-corrected chi connectivity index (χ2v) is 12.6. The predicted octanol–water partition coefficient (Wildman–Crippen LogP) is 6.29. The second-order valence-electron chi connectivity index (χ2n) is 11.6. The number of aryl methyl sites for hydroxylation is 3. The molecule has 0 radical (unpaired) electrons. The molecule has 0 N–H and O–H groups in total. The summed E-state index contributed by atoms with van der Waals surface area (Å²) in [7, 11) is 3.43. The zero-order chi connectivity index (χ0) is 26.0. The second kappa shape index (κ2) is 8.98. The average molecular weight is 527 g/mol. The van der Waals surface area contributed by atoms with Crippen LogP contribution in [0.2, 0.25) is 0 Å². The number of fused-ring (bicyclic) bond motifs is 9. The van der Waals surface area contributed by atoms with Crippen molar-refractivity contribution in [3.63, 3.8) is 0 Å². The number of thiophene rings is 1. The minimum Gasteiger partial charge on any atom is -0.497 e. The van der Waals surface area contributed by atoms with Crippen LogP contribution < -0.4 is 15.0 Å². The number of aromatic nitrogens is 2. The van der Waals surface area contributed by atoms with Gasteiger partial charge in [-0.2, -0.15) is 0 Å². The normalized spacial score (nSPS) is 25.4. The molecule has 0 aliphatic heterocycles. The van der Waals surface area contributed by atoms with Crippen LogP contribution in [0.3, 0.4) is 0 Å². The maximum atomic E-state index is 13.9. The van der Waals surface area contributed by atoms with Gasteiger partial charge < -0.3 is 9.47 Å². The number of hydrogen-bond acceptors (Lipinski definition) is 5. The molecule has 7 rings (SSSR count). The van der Waals surface area contributed by atoms with Crippen molar-refractivity contribution in [2.24, 2.45) is 11.8 Å². The zero-order valence-corrected chi connectivity index (χ0v) is 23.1. The largest absolute Gasteiger partial charge is 0.497 e. The molecule has 196 valence electrons. The lowest BCUT2D eigenvalue weighted by atomic mass is 9.55. The molecular formula is C32H34N2O3S. The highest BCUT2D eigenvalue weighted by atomic mass is 32.1. The van der Waals surface area contributed by atoms with Crippen LogP contribution >= 0.6 is 11.3 Å². The lowest BCUT2D eigenvalue weighted by Gasteiger charge is -2.49. The van der Waals surface area contributed by atoms with Gasteiger partial charge in [-0.25, -0.2) is 4.98 Å². The smallest absolute Gasteiger partial charge is 0.262 e. The maximum Gasteiger partial charge on any atom is 0.262 e. The van der Waals surface area contributed by atoms with E-state index in [1.807, 2.05) is 16.7 Å². The summed E-state index contributed by atoms with van der Waals surface area (Å²) < 4.78 is 12.6. The predicted molar refractivity (Wildman–Crippen MR) is 152 cm³/mol. The van der Waals surface area contributed by atoms with E-state index in [2.05, 4.69) is 37.3 Å². The Bertz CT molecular complexity index is 1590. The van der Waals surface area contributed by atoms with Gasteiger partial charge >= 0.3 is 0 Å². The van der Waals surface area contributed by atoms with Gasteiger partial charge in [0.05, 0.1) is 25.9 Å². The van der Waals surface area contributed by atoms with E-state index in [1.165, 1.54) is 40.0 Å². The van der Waals surface area contributed by atoms with E-state index in [0.717, 1.165) is 47.4 Å². The van der Waals surface area contributed by atoms with Crippen molar-refractivity contribution >= 4 is 21.6 Å². The van der Waals surface area contributed by atoms with E-state index in [1.54, 1.807) is 31.9 Å². The highest BCUT2D eigenvalue weighted by Gasteiger charge is 2.54. The van der Waals surface area contributed by atoms with E-state index in [-0.39, 0.29) is 11.0 Å². The molecule has 4 aromatic rings. The van der Waals surface area contributed by atoms with Crippen LogP contribution in [-0.2, 0) is 31.2 Å². The van der Waals surface area contributed by atoms with Crippen LogP contribution in [0.5, 0.6) is 11.5 Å². The van der Waals surface area contributed by atoms with Crippen molar-refractivity contribution in [1.29, 1.82) is 0 Å². The molecule has 38 heavy (non-hydrogen) atoms. The Kier molecular flexibility index (Phi) is 5.66. The molecule has 6 heteroatoms. The summed E-state index contributed by atoms with van der Waals surface area (Å²) in [6.07, 6.45) is 8.28. The van der Waals surface area contributed by atoms with Gasteiger partial charge in [-0.1, -0.05) is 25.1 Å². The Morgan fingerprint density at radius 1 is 1.08 bits per heavy atom. The molecule has 1 saturated carbocycles. The molecule has 1 fully saturated rings. The molecule has 0 amide bonds. The van der Waals surface area contributed by atoms with Crippen LogP contribution in [0, 0.1) is 11.8 Å². The lowest BCUT2D eigenvalue weighted by molar-refractivity contribution is 0.106. The summed E-state index contributed by atoms with van der Waals surface area (Å²) in [5.74, 6) is 3.68. The van der Waals surface area contributed by atoms with Crippen LogP contribution in [0.1, 0.15) is 59.2 Å². The minimum atomic E-state index is 0.0503. The van der Waals surface area contributed by atoms with Gasteiger partial charge in [-0.15, -0.1) is 11.3 Å². The molecule has 3 aliphatic carbocycles. The molecule has 3 aliphatic rings. The first-order valence-electron chi connectivity index (χ1n) is 13.8. The number of methoxy groups -OCH3 is 2. The quantitative estimate of drug-likeness (QED) is 0.307. The van der Waals surface area contributed by atoms with Crippen molar-refractivity contribution in [2.45, 2.75) is 63.3 Å². The topological polar surface area (TPSA) is 53.4 Å². The summed E-state index contributed by atoms with van der Waals surface area (Å²) in [6, 6.07) is 14.8. The van der Waals surface area contributed by atoms with Crippen molar-refractivity contribution in [2.75, 3.05) is 14.2 Å². The molecule has 0 bridgehead atoms. The monoisotopic (exact) mass is 526 g/mol. The van der Waals surface area contributed by atoms with Gasteiger partial charge in [0.15, 0.2) is 0 Å². The van der Waals surface area contributed by atoms with Gasteiger partial charge in [-0.05, 0) is 108 Å². The Morgan fingerprint density at radius 2 is 1.87 bits per heavy atom. The van der Waals surface area contributed by atoms with E-state index < -0.39 is 0 Å². The number of hydrogen-bond donors (Lipinski definition) is 0. The Morgan fingerprint density at radius 3 is 2.66 bits per heavy atom. The Labute approximate surface area is 227 Å². The van der Waals surface area contributed by atoms with Crippen LogP contribution in [0.25, 0.3) is 10.2 Å². The van der Waals surface area contributed by atoms with Crippen molar-refractivity contribution < 1.29 is 9.47 Å². The summed E-state index contributed by atoms with van der Waals surface area (Å²) >= 11 is 1.77. The Hall–Kier alpha value is -3.12. The van der Waals surface area contributed by atoms with Crippen molar-refractivity contribution in [3.05, 3.63) is 86.3 Å². The molecule has 2 aromatic carbocycles. The Balaban J connectivity index is 1.20. The first-order chi connectivity index (χ1) is 18.5. The van der Waals surface area contributed by atoms with Crippen LogP contribution in [0.4, 0.5) is 0 Å². The number of nitrogens with zero attached hydrogens (tertiary/aromatic N) is 2. The molecule has 0 spiro atoms.